The molecule has 1 aromatic rings. The lowest BCUT2D eigenvalue weighted by Gasteiger charge is -2.24. The lowest BCUT2D eigenvalue weighted by atomic mass is 9.85. The standard InChI is InChI=1S/C19H33NO3/c1-16-8-6-9-17(19(2,3)4)18(16)23-15-14-22-13-11-20-10-7-12-21-5/h6,8-9,20H,7,10-15H2,1-5H3/p+1. The van der Waals surface area contributed by atoms with E-state index in [4.69, 9.17) is 14.2 Å². The van der Waals surface area contributed by atoms with Crippen LogP contribution in [0, 0.1) is 6.92 Å². The number of hydrogen-bond acceptors (Lipinski definition) is 3. The van der Waals surface area contributed by atoms with Crippen LogP contribution >= 0.6 is 0 Å². The van der Waals surface area contributed by atoms with Crippen LogP contribution in [0.5, 0.6) is 5.75 Å². The van der Waals surface area contributed by atoms with Crippen molar-refractivity contribution in [1.82, 2.24) is 0 Å². The highest BCUT2D eigenvalue weighted by Crippen LogP contribution is 2.33. The predicted octanol–water partition coefficient (Wildman–Crippen LogP) is 2.29. The Kier molecular flexibility index (Phi) is 9.22. The number of aryl methyl sites for hydroxylation is 1. The third-order valence-electron chi connectivity index (χ3n) is 3.72. The molecule has 0 fully saturated rings. The van der Waals surface area contributed by atoms with Gasteiger partial charge in [-0.15, -0.1) is 0 Å². The molecule has 0 aromatic heterocycles. The average Bonchev–Trinajstić information content (AvgIpc) is 2.49. The van der Waals surface area contributed by atoms with Gasteiger partial charge in [0.05, 0.1) is 32.9 Å². The Labute approximate surface area is 141 Å². The molecule has 0 atom stereocenters. The Hall–Kier alpha value is -1.10. The van der Waals surface area contributed by atoms with Gasteiger partial charge in [0.15, 0.2) is 0 Å². The van der Waals surface area contributed by atoms with Gasteiger partial charge >= 0.3 is 0 Å². The van der Waals surface area contributed by atoms with Crippen molar-refractivity contribution in [3.63, 3.8) is 0 Å². The summed E-state index contributed by atoms with van der Waals surface area (Å²) in [5.41, 5.74) is 2.52. The van der Waals surface area contributed by atoms with Crippen molar-refractivity contribution in [3.8, 4) is 5.75 Å². The van der Waals surface area contributed by atoms with Gasteiger partial charge in [0.25, 0.3) is 0 Å². The van der Waals surface area contributed by atoms with Gasteiger partial charge in [-0.05, 0) is 23.5 Å². The largest absolute Gasteiger partial charge is 0.491 e. The number of quaternary nitrogens is 1. The molecule has 23 heavy (non-hydrogen) atoms. The number of nitrogens with two attached hydrogens (primary N) is 1. The molecule has 0 aliphatic rings. The van der Waals surface area contributed by atoms with Crippen LogP contribution in [0.15, 0.2) is 18.2 Å². The van der Waals surface area contributed by atoms with E-state index in [1.807, 2.05) is 0 Å². The predicted molar refractivity (Wildman–Crippen MR) is 94.3 cm³/mol. The smallest absolute Gasteiger partial charge is 0.126 e. The minimum atomic E-state index is 0.0827. The Bertz CT molecular complexity index is 441. The van der Waals surface area contributed by atoms with Crippen molar-refractivity contribution in [2.45, 2.75) is 39.5 Å². The molecule has 0 saturated heterocycles. The Morgan fingerprint density at radius 2 is 1.78 bits per heavy atom. The number of ether oxygens (including phenoxy) is 3. The van der Waals surface area contributed by atoms with Crippen LogP contribution in [0.25, 0.3) is 0 Å². The molecule has 0 amide bonds. The molecular formula is C19H34NO3+. The number of benzene rings is 1. The maximum Gasteiger partial charge on any atom is 0.126 e. The number of para-hydroxylation sites is 1. The molecule has 1 aromatic carbocycles. The highest BCUT2D eigenvalue weighted by atomic mass is 16.5. The summed E-state index contributed by atoms with van der Waals surface area (Å²) in [4.78, 5) is 0. The summed E-state index contributed by atoms with van der Waals surface area (Å²) in [6.07, 6.45) is 1.09. The molecule has 4 heteroatoms. The minimum Gasteiger partial charge on any atom is -0.491 e. The van der Waals surface area contributed by atoms with Crippen molar-refractivity contribution >= 4 is 0 Å². The molecule has 0 aliphatic heterocycles. The molecule has 0 spiro atoms. The van der Waals surface area contributed by atoms with Crippen molar-refractivity contribution in [3.05, 3.63) is 29.3 Å². The molecule has 4 nitrogen and oxygen atoms in total. The maximum atomic E-state index is 6.00. The summed E-state index contributed by atoms with van der Waals surface area (Å²) in [7, 11) is 1.74. The third-order valence-corrected chi connectivity index (χ3v) is 3.72. The lowest BCUT2D eigenvalue weighted by Crippen LogP contribution is -2.85. The summed E-state index contributed by atoms with van der Waals surface area (Å²) in [6, 6.07) is 6.34. The molecule has 0 heterocycles. The number of rotatable bonds is 11. The van der Waals surface area contributed by atoms with E-state index in [1.165, 1.54) is 11.1 Å². The van der Waals surface area contributed by atoms with Gasteiger partial charge < -0.3 is 19.5 Å². The third kappa shape index (κ3) is 7.82. The van der Waals surface area contributed by atoms with Crippen LogP contribution in [0.2, 0.25) is 0 Å². The van der Waals surface area contributed by atoms with E-state index >= 15 is 0 Å². The maximum absolute atomic E-state index is 6.00. The highest BCUT2D eigenvalue weighted by Gasteiger charge is 2.19. The van der Waals surface area contributed by atoms with E-state index in [0.29, 0.717) is 13.2 Å². The average molecular weight is 324 g/mol. The molecule has 0 bridgehead atoms. The topological polar surface area (TPSA) is 44.3 Å². The van der Waals surface area contributed by atoms with Crippen molar-refractivity contribution in [2.75, 3.05) is 46.6 Å². The zero-order valence-corrected chi connectivity index (χ0v) is 15.5. The van der Waals surface area contributed by atoms with Crippen molar-refractivity contribution < 1.29 is 19.5 Å². The van der Waals surface area contributed by atoms with Crippen LogP contribution in [-0.2, 0) is 14.9 Å². The quantitative estimate of drug-likeness (QED) is 0.635. The SMILES string of the molecule is COCCC[NH2+]CCOCCOc1c(C)cccc1C(C)(C)C. The second kappa shape index (κ2) is 10.6. The Morgan fingerprint density at radius 3 is 2.48 bits per heavy atom. The molecule has 2 N–H and O–H groups in total. The van der Waals surface area contributed by atoms with Crippen LogP contribution in [0.4, 0.5) is 0 Å². The molecule has 132 valence electrons. The second-order valence-corrected chi connectivity index (χ2v) is 6.87. The zero-order chi connectivity index (χ0) is 17.1. The van der Waals surface area contributed by atoms with Gasteiger partial charge in [0, 0.05) is 13.5 Å². The van der Waals surface area contributed by atoms with Crippen LogP contribution in [-0.4, -0.2) is 46.6 Å². The molecule has 0 unspecified atom stereocenters. The summed E-state index contributed by atoms with van der Waals surface area (Å²) in [5, 5.41) is 2.26. The van der Waals surface area contributed by atoms with Gasteiger partial charge in [0.2, 0.25) is 0 Å². The van der Waals surface area contributed by atoms with E-state index in [2.05, 4.69) is 51.2 Å². The highest BCUT2D eigenvalue weighted by molar-refractivity contribution is 5.44. The van der Waals surface area contributed by atoms with Crippen molar-refractivity contribution in [2.24, 2.45) is 0 Å². The van der Waals surface area contributed by atoms with E-state index in [1.54, 1.807) is 7.11 Å². The van der Waals surface area contributed by atoms with E-state index < -0.39 is 0 Å². The first-order valence-electron chi connectivity index (χ1n) is 8.58. The first kappa shape index (κ1) is 19.9. The van der Waals surface area contributed by atoms with Gasteiger partial charge in [-0.3, -0.25) is 0 Å². The fourth-order valence-electron chi connectivity index (χ4n) is 2.42. The summed E-state index contributed by atoms with van der Waals surface area (Å²) in [5.74, 6) is 1.01. The summed E-state index contributed by atoms with van der Waals surface area (Å²) in [6.45, 7) is 13.6. The Morgan fingerprint density at radius 1 is 1.00 bits per heavy atom. The minimum absolute atomic E-state index is 0.0827. The van der Waals surface area contributed by atoms with E-state index in [0.717, 1.165) is 38.5 Å². The normalized spacial score (nSPS) is 11.7. The van der Waals surface area contributed by atoms with Gasteiger partial charge in [-0.2, -0.15) is 0 Å². The summed E-state index contributed by atoms with van der Waals surface area (Å²) < 4.78 is 16.7. The Balaban J connectivity index is 2.24. The molecular weight excluding hydrogens is 290 g/mol. The first-order valence-corrected chi connectivity index (χ1v) is 8.58. The summed E-state index contributed by atoms with van der Waals surface area (Å²) >= 11 is 0. The second-order valence-electron chi connectivity index (χ2n) is 6.87. The lowest BCUT2D eigenvalue weighted by molar-refractivity contribution is -0.656. The molecule has 0 radical (unpaired) electrons. The van der Waals surface area contributed by atoms with E-state index in [-0.39, 0.29) is 5.41 Å². The van der Waals surface area contributed by atoms with Crippen LogP contribution in [0.3, 0.4) is 0 Å². The molecule has 0 aliphatic carbocycles. The van der Waals surface area contributed by atoms with E-state index in [9.17, 15) is 0 Å². The van der Waals surface area contributed by atoms with Crippen LogP contribution < -0.4 is 10.1 Å². The zero-order valence-electron chi connectivity index (χ0n) is 15.5. The molecule has 0 saturated carbocycles. The van der Waals surface area contributed by atoms with Gasteiger partial charge in [0.1, 0.15) is 12.4 Å². The van der Waals surface area contributed by atoms with Crippen molar-refractivity contribution in [1.29, 1.82) is 0 Å². The first-order chi connectivity index (χ1) is 11.0. The van der Waals surface area contributed by atoms with Gasteiger partial charge in [-0.25, -0.2) is 0 Å². The monoisotopic (exact) mass is 324 g/mol. The molecule has 1 rings (SSSR count). The fraction of sp³-hybridized carbons (Fsp3) is 0.684. The number of methoxy groups -OCH3 is 1. The fourth-order valence-corrected chi connectivity index (χ4v) is 2.42. The number of hydrogen-bond donors (Lipinski definition) is 1. The van der Waals surface area contributed by atoms with Gasteiger partial charge in [-0.1, -0.05) is 39.0 Å². The van der Waals surface area contributed by atoms with Crippen LogP contribution in [0.1, 0.15) is 38.3 Å².